The Bertz CT molecular complexity index is 451. The predicted molar refractivity (Wildman–Crippen MR) is 91.9 cm³/mol. The SMILES string of the molecule is CCC(C)C1CN(Cc2nc(C)c(C)s2)C(C)(CC)CN1. The second-order valence-electron chi connectivity index (χ2n) is 6.85. The van der Waals surface area contributed by atoms with Gasteiger partial charge in [-0.3, -0.25) is 4.90 Å². The molecule has 3 atom stereocenters. The number of piperazine rings is 1. The van der Waals surface area contributed by atoms with Crippen molar-refractivity contribution in [2.75, 3.05) is 13.1 Å². The summed E-state index contributed by atoms with van der Waals surface area (Å²) in [5, 5.41) is 5.06. The van der Waals surface area contributed by atoms with Crippen molar-refractivity contribution in [2.24, 2.45) is 5.92 Å². The topological polar surface area (TPSA) is 28.2 Å². The Morgan fingerprint density at radius 1 is 1.43 bits per heavy atom. The van der Waals surface area contributed by atoms with E-state index in [0.29, 0.717) is 6.04 Å². The van der Waals surface area contributed by atoms with Crippen molar-refractivity contribution in [3.05, 3.63) is 15.6 Å². The lowest BCUT2D eigenvalue weighted by atomic mass is 9.88. The molecule has 2 rings (SSSR count). The minimum atomic E-state index is 0.247. The van der Waals surface area contributed by atoms with E-state index in [2.05, 4.69) is 51.8 Å². The van der Waals surface area contributed by atoms with Crippen molar-refractivity contribution in [1.82, 2.24) is 15.2 Å². The van der Waals surface area contributed by atoms with Crippen LogP contribution < -0.4 is 5.32 Å². The van der Waals surface area contributed by atoms with Crippen LogP contribution in [0.3, 0.4) is 0 Å². The van der Waals surface area contributed by atoms with E-state index in [-0.39, 0.29) is 5.54 Å². The minimum Gasteiger partial charge on any atom is -0.311 e. The number of nitrogens with zero attached hydrogens (tertiary/aromatic N) is 2. The van der Waals surface area contributed by atoms with Crippen LogP contribution in [-0.2, 0) is 6.54 Å². The van der Waals surface area contributed by atoms with Crippen molar-refractivity contribution in [3.63, 3.8) is 0 Å². The maximum absolute atomic E-state index is 4.75. The molecule has 1 aliphatic heterocycles. The molecule has 1 aliphatic rings. The maximum Gasteiger partial charge on any atom is 0.107 e. The Morgan fingerprint density at radius 3 is 2.67 bits per heavy atom. The average Bonchev–Trinajstić information content (AvgIpc) is 2.79. The molecule has 0 aliphatic carbocycles. The molecular formula is C17H31N3S. The van der Waals surface area contributed by atoms with Crippen molar-refractivity contribution < 1.29 is 0 Å². The monoisotopic (exact) mass is 309 g/mol. The van der Waals surface area contributed by atoms with Gasteiger partial charge in [0.25, 0.3) is 0 Å². The summed E-state index contributed by atoms with van der Waals surface area (Å²) < 4.78 is 0. The van der Waals surface area contributed by atoms with Gasteiger partial charge < -0.3 is 5.32 Å². The normalized spacial score (nSPS) is 28.8. The van der Waals surface area contributed by atoms with Crippen LogP contribution in [0.2, 0.25) is 0 Å². The number of hydrogen-bond donors (Lipinski definition) is 1. The fraction of sp³-hybridized carbons (Fsp3) is 0.824. The third-order valence-corrected chi connectivity index (χ3v) is 6.47. The molecule has 1 aromatic rings. The van der Waals surface area contributed by atoms with Crippen LogP contribution in [0.25, 0.3) is 0 Å². The molecule has 2 heterocycles. The van der Waals surface area contributed by atoms with E-state index in [1.54, 1.807) is 0 Å². The highest BCUT2D eigenvalue weighted by Crippen LogP contribution is 2.29. The molecule has 120 valence electrons. The molecular weight excluding hydrogens is 278 g/mol. The molecule has 3 nitrogen and oxygen atoms in total. The number of nitrogens with one attached hydrogen (secondary N) is 1. The zero-order chi connectivity index (χ0) is 15.6. The Hall–Kier alpha value is -0.450. The van der Waals surface area contributed by atoms with E-state index in [1.807, 2.05) is 11.3 Å². The van der Waals surface area contributed by atoms with Crippen LogP contribution in [0, 0.1) is 19.8 Å². The van der Waals surface area contributed by atoms with Crippen LogP contribution >= 0.6 is 11.3 Å². The smallest absolute Gasteiger partial charge is 0.107 e. The number of aromatic nitrogens is 1. The lowest BCUT2D eigenvalue weighted by molar-refractivity contribution is 0.0293. The second kappa shape index (κ2) is 6.76. The van der Waals surface area contributed by atoms with Gasteiger partial charge in [0.15, 0.2) is 0 Å². The van der Waals surface area contributed by atoms with Crippen LogP contribution in [0.4, 0.5) is 0 Å². The Balaban J connectivity index is 2.14. The van der Waals surface area contributed by atoms with Gasteiger partial charge in [-0.15, -0.1) is 11.3 Å². The van der Waals surface area contributed by atoms with Crippen molar-refractivity contribution in [3.8, 4) is 0 Å². The predicted octanol–water partition coefficient (Wildman–Crippen LogP) is 3.75. The molecule has 3 unspecified atom stereocenters. The largest absolute Gasteiger partial charge is 0.311 e. The molecule has 21 heavy (non-hydrogen) atoms. The first-order valence-corrected chi connectivity index (χ1v) is 9.12. The average molecular weight is 310 g/mol. The van der Waals surface area contributed by atoms with Gasteiger partial charge in [0.05, 0.1) is 12.2 Å². The Kier molecular flexibility index (Phi) is 5.44. The molecule has 4 heteroatoms. The standard InChI is InChI=1S/C17H31N3S/c1-7-12(3)15-9-20(17(6,8-2)11-18-15)10-16-19-13(4)14(5)21-16/h12,15,18H,7-11H2,1-6H3. The Labute approximate surface area is 134 Å². The highest BCUT2D eigenvalue weighted by Gasteiger charge is 2.37. The van der Waals surface area contributed by atoms with Crippen molar-refractivity contribution in [2.45, 2.75) is 72.5 Å². The van der Waals surface area contributed by atoms with E-state index in [1.165, 1.54) is 28.4 Å². The van der Waals surface area contributed by atoms with Gasteiger partial charge in [-0.2, -0.15) is 0 Å². The first-order valence-electron chi connectivity index (χ1n) is 8.31. The van der Waals surface area contributed by atoms with Crippen molar-refractivity contribution >= 4 is 11.3 Å². The minimum absolute atomic E-state index is 0.247. The molecule has 1 N–H and O–H groups in total. The second-order valence-corrected chi connectivity index (χ2v) is 8.14. The van der Waals surface area contributed by atoms with Gasteiger partial charge in [0, 0.05) is 29.5 Å². The van der Waals surface area contributed by atoms with E-state index >= 15 is 0 Å². The molecule has 0 bridgehead atoms. The van der Waals surface area contributed by atoms with Crippen LogP contribution in [0.5, 0.6) is 0 Å². The molecule has 1 saturated heterocycles. The fourth-order valence-corrected chi connectivity index (χ4v) is 3.97. The zero-order valence-corrected chi connectivity index (χ0v) is 15.3. The van der Waals surface area contributed by atoms with E-state index in [0.717, 1.165) is 25.6 Å². The Morgan fingerprint density at radius 2 is 2.14 bits per heavy atom. The molecule has 0 saturated carbocycles. The van der Waals surface area contributed by atoms with Crippen molar-refractivity contribution in [1.29, 1.82) is 0 Å². The van der Waals surface area contributed by atoms with Gasteiger partial charge in [0.2, 0.25) is 0 Å². The summed E-state index contributed by atoms with van der Waals surface area (Å²) in [6.45, 7) is 16.9. The molecule has 0 spiro atoms. The van der Waals surface area contributed by atoms with E-state index in [4.69, 9.17) is 4.98 Å². The molecule has 1 fully saturated rings. The highest BCUT2D eigenvalue weighted by atomic mass is 32.1. The van der Waals surface area contributed by atoms with E-state index in [9.17, 15) is 0 Å². The number of thiazole rings is 1. The summed E-state index contributed by atoms with van der Waals surface area (Å²) >= 11 is 1.86. The van der Waals surface area contributed by atoms with Gasteiger partial charge in [-0.25, -0.2) is 4.98 Å². The third kappa shape index (κ3) is 3.66. The highest BCUT2D eigenvalue weighted by molar-refractivity contribution is 7.11. The van der Waals surface area contributed by atoms with Gasteiger partial charge in [-0.1, -0.05) is 27.2 Å². The number of hydrogen-bond acceptors (Lipinski definition) is 4. The summed E-state index contributed by atoms with van der Waals surface area (Å²) in [5.74, 6) is 0.730. The van der Waals surface area contributed by atoms with Gasteiger partial charge >= 0.3 is 0 Å². The first kappa shape index (κ1) is 16.9. The summed E-state index contributed by atoms with van der Waals surface area (Å²) in [6.07, 6.45) is 2.42. The summed E-state index contributed by atoms with van der Waals surface area (Å²) in [5.41, 5.74) is 1.44. The third-order valence-electron chi connectivity index (χ3n) is 5.42. The van der Waals surface area contributed by atoms with Gasteiger partial charge in [0.1, 0.15) is 5.01 Å². The number of aryl methyl sites for hydroxylation is 2. The van der Waals surface area contributed by atoms with Gasteiger partial charge in [-0.05, 0) is 33.1 Å². The molecule has 0 aromatic carbocycles. The maximum atomic E-state index is 4.75. The van der Waals surface area contributed by atoms with E-state index < -0.39 is 0 Å². The summed E-state index contributed by atoms with van der Waals surface area (Å²) in [6, 6.07) is 0.608. The van der Waals surface area contributed by atoms with Crippen LogP contribution in [0.1, 0.15) is 56.1 Å². The lowest BCUT2D eigenvalue weighted by Gasteiger charge is -2.49. The lowest BCUT2D eigenvalue weighted by Crippen LogP contribution is -2.63. The molecule has 1 aromatic heterocycles. The number of rotatable bonds is 5. The quantitative estimate of drug-likeness (QED) is 0.898. The molecule has 0 radical (unpaired) electrons. The summed E-state index contributed by atoms with van der Waals surface area (Å²) in [7, 11) is 0. The molecule has 0 amide bonds. The van der Waals surface area contributed by atoms with Crippen LogP contribution in [0.15, 0.2) is 0 Å². The first-order chi connectivity index (χ1) is 9.89. The zero-order valence-electron chi connectivity index (χ0n) is 14.5. The summed E-state index contributed by atoms with van der Waals surface area (Å²) in [4.78, 5) is 8.77. The van der Waals surface area contributed by atoms with Crippen LogP contribution in [-0.4, -0.2) is 34.6 Å². The fourth-order valence-electron chi connectivity index (χ4n) is 3.02.